The van der Waals surface area contributed by atoms with Gasteiger partial charge >= 0.3 is 0 Å². The van der Waals surface area contributed by atoms with Crippen LogP contribution in [0.5, 0.6) is 0 Å². The Balaban J connectivity index is 2.14. The number of hydrogen-bond acceptors (Lipinski definition) is 4. The summed E-state index contributed by atoms with van der Waals surface area (Å²) < 4.78 is 1.01. The minimum Gasteiger partial charge on any atom is -0.324 e. The molecule has 0 radical (unpaired) electrons. The Morgan fingerprint density at radius 2 is 2.29 bits per heavy atom. The van der Waals surface area contributed by atoms with Gasteiger partial charge in [0, 0.05) is 16.0 Å². The lowest BCUT2D eigenvalue weighted by Crippen LogP contribution is -2.14. The van der Waals surface area contributed by atoms with Gasteiger partial charge in [-0.05, 0) is 45.5 Å². The number of aromatic nitrogens is 4. The number of tetrazole rings is 1. The molecule has 1 aromatic heterocycles. The fourth-order valence-electron chi connectivity index (χ4n) is 1.46. The molecule has 0 aliphatic heterocycles. The highest BCUT2D eigenvalue weighted by Gasteiger charge is 2.12. The molecule has 1 aromatic carbocycles. The molecule has 0 saturated carbocycles. The third-order valence-corrected chi connectivity index (χ3v) is 3.90. The Morgan fingerprint density at radius 3 is 2.88 bits per heavy atom. The molecule has 0 aliphatic rings. The third-order valence-electron chi connectivity index (χ3n) is 2.32. The zero-order valence-corrected chi connectivity index (χ0v) is 12.1. The van der Waals surface area contributed by atoms with E-state index in [0.29, 0.717) is 17.3 Å². The molecule has 7 heteroatoms. The van der Waals surface area contributed by atoms with Crippen molar-refractivity contribution in [1.29, 1.82) is 0 Å². The van der Waals surface area contributed by atoms with E-state index in [-0.39, 0.29) is 6.04 Å². The van der Waals surface area contributed by atoms with Crippen LogP contribution in [0.1, 0.15) is 17.4 Å². The number of rotatable bonds is 3. The van der Waals surface area contributed by atoms with Gasteiger partial charge in [0.25, 0.3) is 0 Å². The Hall–Kier alpha value is -0.730. The van der Waals surface area contributed by atoms with Gasteiger partial charge in [-0.2, -0.15) is 4.80 Å². The maximum Gasteiger partial charge on any atom is 0.176 e. The number of aryl methyl sites for hydroxylation is 1. The molecule has 0 bridgehead atoms. The zero-order chi connectivity index (χ0) is 12.4. The fourth-order valence-corrected chi connectivity index (χ4v) is 1.99. The highest BCUT2D eigenvalue weighted by molar-refractivity contribution is 14.1. The minimum absolute atomic E-state index is 0.173. The zero-order valence-electron chi connectivity index (χ0n) is 9.14. The number of nitrogens with two attached hydrogens (primary N) is 1. The van der Waals surface area contributed by atoms with E-state index in [1.807, 2.05) is 18.2 Å². The van der Waals surface area contributed by atoms with Crippen LogP contribution in [0.2, 0.25) is 5.02 Å². The van der Waals surface area contributed by atoms with Gasteiger partial charge in [-0.3, -0.25) is 0 Å². The average molecular weight is 364 g/mol. The summed E-state index contributed by atoms with van der Waals surface area (Å²) in [4.78, 5) is 1.42. The van der Waals surface area contributed by atoms with Crippen molar-refractivity contribution in [3.63, 3.8) is 0 Å². The Kier molecular flexibility index (Phi) is 3.95. The molecule has 0 fully saturated rings. The molecule has 0 aliphatic carbocycles. The lowest BCUT2D eigenvalue weighted by molar-refractivity contribution is 0.622. The quantitative estimate of drug-likeness (QED) is 0.843. The van der Waals surface area contributed by atoms with Crippen molar-refractivity contribution in [3.8, 4) is 0 Å². The van der Waals surface area contributed by atoms with Gasteiger partial charge in [-0.1, -0.05) is 17.7 Å². The molecule has 0 saturated heterocycles. The van der Waals surface area contributed by atoms with Gasteiger partial charge in [0.15, 0.2) is 5.82 Å². The lowest BCUT2D eigenvalue weighted by atomic mass is 10.0. The van der Waals surface area contributed by atoms with Gasteiger partial charge < -0.3 is 5.73 Å². The first-order valence-electron chi connectivity index (χ1n) is 4.99. The first kappa shape index (κ1) is 12.7. The molecule has 2 aromatic rings. The standard InChI is InChI=1S/C10H11ClIN5/c1-17-15-10(14-16-17)5-9(13)6-2-3-8(12)7(11)4-6/h2-4,9H,5,13H2,1H3. The van der Waals surface area contributed by atoms with E-state index >= 15 is 0 Å². The van der Waals surface area contributed by atoms with Crippen LogP contribution in [0.25, 0.3) is 0 Å². The van der Waals surface area contributed by atoms with Crippen molar-refractivity contribution in [2.75, 3.05) is 0 Å². The number of hydrogen-bond donors (Lipinski definition) is 1. The first-order valence-corrected chi connectivity index (χ1v) is 6.45. The molecular weight excluding hydrogens is 353 g/mol. The first-order chi connectivity index (χ1) is 8.06. The van der Waals surface area contributed by atoms with Crippen molar-refractivity contribution < 1.29 is 0 Å². The molecule has 1 unspecified atom stereocenters. The highest BCUT2D eigenvalue weighted by Crippen LogP contribution is 2.23. The lowest BCUT2D eigenvalue weighted by Gasteiger charge is -2.10. The largest absolute Gasteiger partial charge is 0.324 e. The maximum absolute atomic E-state index is 6.08. The van der Waals surface area contributed by atoms with E-state index in [1.54, 1.807) is 7.05 Å². The van der Waals surface area contributed by atoms with Crippen LogP contribution < -0.4 is 5.73 Å². The van der Waals surface area contributed by atoms with Crippen molar-refractivity contribution in [2.24, 2.45) is 12.8 Å². The van der Waals surface area contributed by atoms with E-state index in [0.717, 1.165) is 9.13 Å². The van der Waals surface area contributed by atoms with Crippen LogP contribution in [0.3, 0.4) is 0 Å². The van der Waals surface area contributed by atoms with Gasteiger partial charge in [-0.15, -0.1) is 10.2 Å². The normalized spacial score (nSPS) is 12.7. The van der Waals surface area contributed by atoms with E-state index < -0.39 is 0 Å². The molecule has 2 rings (SSSR count). The maximum atomic E-state index is 6.08. The molecule has 0 spiro atoms. The van der Waals surface area contributed by atoms with E-state index in [1.165, 1.54) is 4.80 Å². The Bertz CT molecular complexity index is 527. The average Bonchev–Trinajstić information content (AvgIpc) is 2.68. The Labute approximate surface area is 117 Å². The highest BCUT2D eigenvalue weighted by atomic mass is 127. The van der Waals surface area contributed by atoms with Crippen LogP contribution in [0, 0.1) is 3.57 Å². The van der Waals surface area contributed by atoms with Gasteiger partial charge in [-0.25, -0.2) is 0 Å². The minimum atomic E-state index is -0.173. The molecule has 1 heterocycles. The van der Waals surface area contributed by atoms with Crippen molar-refractivity contribution in [2.45, 2.75) is 12.5 Å². The van der Waals surface area contributed by atoms with Crippen LogP contribution in [-0.4, -0.2) is 20.2 Å². The van der Waals surface area contributed by atoms with Crippen molar-refractivity contribution >= 4 is 34.2 Å². The molecule has 2 N–H and O–H groups in total. The molecule has 17 heavy (non-hydrogen) atoms. The summed E-state index contributed by atoms with van der Waals surface area (Å²) >= 11 is 8.23. The monoisotopic (exact) mass is 363 g/mol. The summed E-state index contributed by atoms with van der Waals surface area (Å²) in [5.41, 5.74) is 7.05. The van der Waals surface area contributed by atoms with Crippen LogP contribution in [0.4, 0.5) is 0 Å². The second-order valence-electron chi connectivity index (χ2n) is 3.68. The predicted molar refractivity (Wildman–Crippen MR) is 73.6 cm³/mol. The molecule has 5 nitrogen and oxygen atoms in total. The van der Waals surface area contributed by atoms with E-state index in [2.05, 4.69) is 38.0 Å². The fraction of sp³-hybridized carbons (Fsp3) is 0.300. The van der Waals surface area contributed by atoms with Gasteiger partial charge in [0.1, 0.15) is 0 Å². The van der Waals surface area contributed by atoms with Gasteiger partial charge in [0.05, 0.1) is 12.1 Å². The van der Waals surface area contributed by atoms with Gasteiger partial charge in [0.2, 0.25) is 0 Å². The van der Waals surface area contributed by atoms with Crippen LogP contribution >= 0.6 is 34.2 Å². The molecule has 1 atom stereocenters. The molecule has 90 valence electrons. The summed E-state index contributed by atoms with van der Waals surface area (Å²) in [6.45, 7) is 0. The topological polar surface area (TPSA) is 69.6 Å². The van der Waals surface area contributed by atoms with Crippen molar-refractivity contribution in [3.05, 3.63) is 38.2 Å². The number of nitrogens with zero attached hydrogens (tertiary/aromatic N) is 4. The summed E-state index contributed by atoms with van der Waals surface area (Å²) in [5.74, 6) is 0.634. The van der Waals surface area contributed by atoms with Crippen molar-refractivity contribution in [1.82, 2.24) is 20.2 Å². The van der Waals surface area contributed by atoms with Crippen LogP contribution in [-0.2, 0) is 13.5 Å². The number of halogens is 2. The predicted octanol–water partition coefficient (Wildman–Crippen LogP) is 1.71. The second-order valence-corrected chi connectivity index (χ2v) is 5.25. The number of benzene rings is 1. The summed E-state index contributed by atoms with van der Waals surface area (Å²) in [6.07, 6.45) is 0.546. The third kappa shape index (κ3) is 3.14. The second kappa shape index (κ2) is 5.28. The molecule has 0 amide bonds. The molecular formula is C10H11ClIN5. The SMILES string of the molecule is Cn1nnc(CC(N)c2ccc(I)c(Cl)c2)n1. The summed E-state index contributed by atoms with van der Waals surface area (Å²) in [6, 6.07) is 5.62. The smallest absolute Gasteiger partial charge is 0.176 e. The van der Waals surface area contributed by atoms with Crippen LogP contribution in [0.15, 0.2) is 18.2 Å². The summed E-state index contributed by atoms with van der Waals surface area (Å²) in [5, 5.41) is 12.5. The van der Waals surface area contributed by atoms with E-state index in [9.17, 15) is 0 Å². The van der Waals surface area contributed by atoms with E-state index in [4.69, 9.17) is 17.3 Å². The summed E-state index contributed by atoms with van der Waals surface area (Å²) in [7, 11) is 1.73. The Morgan fingerprint density at radius 1 is 1.53 bits per heavy atom.